The summed E-state index contributed by atoms with van der Waals surface area (Å²) in [4.78, 5) is 20.9. The van der Waals surface area contributed by atoms with E-state index in [2.05, 4.69) is 17.9 Å². The van der Waals surface area contributed by atoms with E-state index in [0.29, 0.717) is 6.29 Å². The summed E-state index contributed by atoms with van der Waals surface area (Å²) in [7, 11) is 0. The normalized spacial score (nSPS) is 10.7. The Morgan fingerprint density at radius 3 is 2.50 bits per heavy atom. The first kappa shape index (κ1) is 9.49. The highest BCUT2D eigenvalue weighted by Gasteiger charge is 2.17. The van der Waals surface area contributed by atoms with E-state index in [1.807, 2.05) is 0 Å². The zero-order valence-corrected chi connectivity index (χ0v) is 6.94. The quantitative estimate of drug-likeness (QED) is 0.452. The molecule has 0 rings (SSSR count). The molecule has 0 aromatic carbocycles. The first-order valence-electron chi connectivity index (χ1n) is 2.90. The number of amides is 1. The van der Waals surface area contributed by atoms with Crippen LogP contribution in [0.25, 0.3) is 0 Å². The minimum atomic E-state index is -0.764. The molecule has 1 amide bonds. The number of thiol groups is 1. The van der Waals surface area contributed by atoms with Crippen molar-refractivity contribution in [2.24, 2.45) is 0 Å². The summed E-state index contributed by atoms with van der Waals surface area (Å²) in [5, 5.41) is 2.47. The van der Waals surface area contributed by atoms with Gasteiger partial charge in [0.15, 0.2) is 0 Å². The van der Waals surface area contributed by atoms with Crippen LogP contribution in [0, 0.1) is 0 Å². The first-order chi connectivity index (χ1) is 4.52. The maximum Gasteiger partial charge on any atom is 0.230 e. The van der Waals surface area contributed by atoms with Crippen molar-refractivity contribution >= 4 is 24.8 Å². The van der Waals surface area contributed by atoms with E-state index in [0.717, 1.165) is 0 Å². The first-order valence-corrected chi connectivity index (χ1v) is 3.53. The second-order valence-electron chi connectivity index (χ2n) is 2.55. The summed E-state index contributed by atoms with van der Waals surface area (Å²) in [5.74, 6) is -0.127. The fourth-order valence-corrected chi connectivity index (χ4v) is 0.507. The Kier molecular flexibility index (Phi) is 3.42. The standard InChI is InChI=1S/C6H11NO2S/c1-6(2,4-8)7-5(9)3-10/h4,10H,3H2,1-2H3,(H,7,9). The Morgan fingerprint density at radius 1 is 1.70 bits per heavy atom. The van der Waals surface area contributed by atoms with Crippen LogP contribution in [-0.2, 0) is 9.59 Å². The van der Waals surface area contributed by atoms with Crippen molar-refractivity contribution in [2.75, 3.05) is 5.75 Å². The molecule has 0 saturated carbocycles. The molecule has 0 aromatic rings. The van der Waals surface area contributed by atoms with Gasteiger partial charge in [0.05, 0.1) is 11.3 Å². The fraction of sp³-hybridized carbons (Fsp3) is 0.667. The van der Waals surface area contributed by atoms with Gasteiger partial charge in [0.2, 0.25) is 5.91 Å². The van der Waals surface area contributed by atoms with Gasteiger partial charge in [-0.2, -0.15) is 12.6 Å². The molecule has 0 aliphatic carbocycles. The zero-order chi connectivity index (χ0) is 8.20. The highest BCUT2D eigenvalue weighted by molar-refractivity contribution is 7.81. The number of carbonyl (C=O) groups is 2. The summed E-state index contributed by atoms with van der Waals surface area (Å²) in [5.41, 5.74) is -0.764. The largest absolute Gasteiger partial charge is 0.344 e. The molecule has 0 unspecified atom stereocenters. The maximum absolute atomic E-state index is 10.6. The third-order valence-electron chi connectivity index (χ3n) is 0.900. The molecule has 10 heavy (non-hydrogen) atoms. The number of aldehydes is 1. The highest BCUT2D eigenvalue weighted by Crippen LogP contribution is 1.95. The predicted molar refractivity (Wildman–Crippen MR) is 42.1 cm³/mol. The van der Waals surface area contributed by atoms with E-state index in [9.17, 15) is 9.59 Å². The second-order valence-corrected chi connectivity index (χ2v) is 2.86. The molecule has 0 atom stereocenters. The molecule has 0 fully saturated rings. The number of nitrogens with one attached hydrogen (secondary N) is 1. The Labute approximate surface area is 65.6 Å². The summed E-state index contributed by atoms with van der Waals surface area (Å²) in [6, 6.07) is 0. The molecule has 0 bridgehead atoms. The Balaban J connectivity index is 3.88. The van der Waals surface area contributed by atoms with Gasteiger partial charge >= 0.3 is 0 Å². The minimum absolute atomic E-state index is 0.108. The molecule has 4 heteroatoms. The van der Waals surface area contributed by atoms with Crippen LogP contribution >= 0.6 is 12.6 Å². The molecular formula is C6H11NO2S. The Morgan fingerprint density at radius 2 is 2.20 bits per heavy atom. The summed E-state index contributed by atoms with van der Waals surface area (Å²) in [6.07, 6.45) is 0.689. The molecule has 1 N–H and O–H groups in total. The van der Waals surface area contributed by atoms with E-state index in [-0.39, 0.29) is 11.7 Å². The molecule has 58 valence electrons. The van der Waals surface area contributed by atoms with Crippen LogP contribution in [0.5, 0.6) is 0 Å². The van der Waals surface area contributed by atoms with Gasteiger partial charge in [-0.3, -0.25) is 4.79 Å². The van der Waals surface area contributed by atoms with Gasteiger partial charge in [-0.1, -0.05) is 0 Å². The second kappa shape index (κ2) is 3.61. The van der Waals surface area contributed by atoms with E-state index >= 15 is 0 Å². The average molecular weight is 161 g/mol. The fourth-order valence-electron chi connectivity index (χ4n) is 0.428. The van der Waals surface area contributed by atoms with Crippen LogP contribution in [0.4, 0.5) is 0 Å². The topological polar surface area (TPSA) is 46.2 Å². The average Bonchev–Trinajstić information content (AvgIpc) is 1.87. The molecule has 3 nitrogen and oxygen atoms in total. The molecule has 0 heterocycles. The maximum atomic E-state index is 10.6. The van der Waals surface area contributed by atoms with Crippen molar-refractivity contribution in [3.05, 3.63) is 0 Å². The third kappa shape index (κ3) is 3.50. The van der Waals surface area contributed by atoms with Crippen molar-refractivity contribution in [2.45, 2.75) is 19.4 Å². The van der Waals surface area contributed by atoms with Crippen molar-refractivity contribution in [3.63, 3.8) is 0 Å². The van der Waals surface area contributed by atoms with E-state index < -0.39 is 5.54 Å². The lowest BCUT2D eigenvalue weighted by molar-refractivity contribution is -0.123. The number of hydrogen-bond acceptors (Lipinski definition) is 3. The van der Waals surface area contributed by atoms with Gasteiger partial charge in [0.25, 0.3) is 0 Å². The van der Waals surface area contributed by atoms with Gasteiger partial charge < -0.3 is 10.1 Å². The molecule has 0 aliphatic heterocycles. The molecular weight excluding hydrogens is 150 g/mol. The van der Waals surface area contributed by atoms with E-state index in [1.54, 1.807) is 13.8 Å². The third-order valence-corrected chi connectivity index (χ3v) is 1.19. The van der Waals surface area contributed by atoms with Crippen molar-refractivity contribution in [1.29, 1.82) is 0 Å². The lowest BCUT2D eigenvalue weighted by Crippen LogP contribution is -2.45. The van der Waals surface area contributed by atoms with Gasteiger partial charge in [0.1, 0.15) is 6.29 Å². The van der Waals surface area contributed by atoms with Gasteiger partial charge in [0, 0.05) is 0 Å². The Bertz CT molecular complexity index is 145. The summed E-state index contributed by atoms with van der Waals surface area (Å²) >= 11 is 3.74. The van der Waals surface area contributed by atoms with Crippen LogP contribution in [-0.4, -0.2) is 23.5 Å². The predicted octanol–water partition coefficient (Wildman–Crippen LogP) is 0.00990. The van der Waals surface area contributed by atoms with Gasteiger partial charge in [-0.15, -0.1) is 0 Å². The molecule has 0 aliphatic rings. The SMILES string of the molecule is CC(C)(C=O)NC(=O)CS. The monoisotopic (exact) mass is 161 g/mol. The molecule has 0 spiro atoms. The van der Waals surface area contributed by atoms with Crippen molar-refractivity contribution in [1.82, 2.24) is 5.32 Å². The lowest BCUT2D eigenvalue weighted by Gasteiger charge is -2.17. The summed E-state index contributed by atoms with van der Waals surface area (Å²) < 4.78 is 0. The summed E-state index contributed by atoms with van der Waals surface area (Å²) in [6.45, 7) is 3.25. The number of rotatable bonds is 3. The zero-order valence-electron chi connectivity index (χ0n) is 6.05. The van der Waals surface area contributed by atoms with E-state index in [4.69, 9.17) is 0 Å². The van der Waals surface area contributed by atoms with Crippen LogP contribution in [0.2, 0.25) is 0 Å². The van der Waals surface area contributed by atoms with Crippen LogP contribution in [0.3, 0.4) is 0 Å². The van der Waals surface area contributed by atoms with Crippen LogP contribution in [0.15, 0.2) is 0 Å². The smallest absolute Gasteiger partial charge is 0.230 e. The van der Waals surface area contributed by atoms with Gasteiger partial charge in [-0.05, 0) is 13.8 Å². The van der Waals surface area contributed by atoms with Crippen LogP contribution in [0.1, 0.15) is 13.8 Å². The van der Waals surface area contributed by atoms with Crippen molar-refractivity contribution in [3.8, 4) is 0 Å². The van der Waals surface area contributed by atoms with E-state index in [1.165, 1.54) is 0 Å². The Hall–Kier alpha value is -0.510. The molecule has 0 saturated heterocycles. The minimum Gasteiger partial charge on any atom is -0.344 e. The number of carbonyl (C=O) groups excluding carboxylic acids is 2. The van der Waals surface area contributed by atoms with Gasteiger partial charge in [-0.25, -0.2) is 0 Å². The lowest BCUT2D eigenvalue weighted by atomic mass is 10.1. The number of hydrogen-bond donors (Lipinski definition) is 2. The molecule has 0 aromatic heterocycles. The van der Waals surface area contributed by atoms with Crippen LogP contribution < -0.4 is 5.32 Å². The highest BCUT2D eigenvalue weighted by atomic mass is 32.1. The van der Waals surface area contributed by atoms with Crippen molar-refractivity contribution < 1.29 is 9.59 Å². The molecule has 0 radical (unpaired) electrons.